The van der Waals surface area contributed by atoms with Gasteiger partial charge in [-0.2, -0.15) is 0 Å². The van der Waals surface area contributed by atoms with Gasteiger partial charge in [-0.05, 0) is 49.4 Å². The van der Waals surface area contributed by atoms with Crippen molar-refractivity contribution in [3.8, 4) is 16.2 Å². The number of benzene rings is 1. The zero-order chi connectivity index (χ0) is 21.0. The summed E-state index contributed by atoms with van der Waals surface area (Å²) in [6.07, 6.45) is 5.57. The summed E-state index contributed by atoms with van der Waals surface area (Å²) in [6.45, 7) is 0. The minimum atomic E-state index is -1.22. The highest BCUT2D eigenvalue weighted by Crippen LogP contribution is 2.45. The van der Waals surface area contributed by atoms with E-state index in [9.17, 15) is 14.7 Å². The van der Waals surface area contributed by atoms with E-state index in [1.165, 1.54) is 11.1 Å². The van der Waals surface area contributed by atoms with E-state index in [0.717, 1.165) is 47.4 Å². The van der Waals surface area contributed by atoms with E-state index in [1.807, 2.05) is 10.6 Å². The fraction of sp³-hybridized carbons (Fsp3) is 0.318. The summed E-state index contributed by atoms with van der Waals surface area (Å²) < 4.78 is 7.69. The molecule has 0 saturated heterocycles. The van der Waals surface area contributed by atoms with Crippen molar-refractivity contribution in [1.29, 1.82) is 0 Å². The third-order valence-electron chi connectivity index (χ3n) is 5.86. The molecular weight excluding hydrogens is 404 g/mol. The summed E-state index contributed by atoms with van der Waals surface area (Å²) in [7, 11) is 1.58. The molecule has 0 aliphatic heterocycles. The van der Waals surface area contributed by atoms with Crippen LogP contribution in [0.25, 0.3) is 21.3 Å². The minimum absolute atomic E-state index is 0.176. The first kappa shape index (κ1) is 18.9. The van der Waals surface area contributed by atoms with Crippen molar-refractivity contribution >= 4 is 33.9 Å². The molecule has 2 aromatic heterocycles. The Morgan fingerprint density at radius 3 is 2.77 bits per heavy atom. The minimum Gasteiger partial charge on any atom is -0.494 e. The molecule has 1 fully saturated rings. The second-order valence-corrected chi connectivity index (χ2v) is 8.90. The van der Waals surface area contributed by atoms with Crippen LogP contribution in [0.4, 0.5) is 0 Å². The van der Waals surface area contributed by atoms with Gasteiger partial charge >= 0.3 is 5.97 Å². The lowest BCUT2D eigenvalue weighted by molar-refractivity contribution is 0.0695. The van der Waals surface area contributed by atoms with Gasteiger partial charge < -0.3 is 19.6 Å². The molecule has 7 nitrogen and oxygen atoms in total. The SMILES string of the molecule is COc1c(-c2cc3c(s2)CC/C(=N\O)C3)ccc2c(=O)c(C(=O)O)cn(C3CC3)c12. The van der Waals surface area contributed by atoms with Crippen LogP contribution in [-0.4, -0.2) is 33.7 Å². The summed E-state index contributed by atoms with van der Waals surface area (Å²) in [6, 6.07) is 5.82. The van der Waals surface area contributed by atoms with Crippen molar-refractivity contribution in [1.82, 2.24) is 4.57 Å². The average Bonchev–Trinajstić information content (AvgIpc) is 3.50. The molecule has 1 aromatic carbocycles. The normalized spacial score (nSPS) is 17.3. The van der Waals surface area contributed by atoms with Crippen LogP contribution in [0.5, 0.6) is 5.75 Å². The number of aromatic nitrogens is 1. The lowest BCUT2D eigenvalue weighted by Crippen LogP contribution is -2.19. The first-order chi connectivity index (χ1) is 14.5. The molecular formula is C22H20N2O5S. The standard InChI is InChI=1S/C22H20N2O5S/c1-29-21-14(18-9-11-8-12(23-28)2-7-17(11)30-18)5-6-15-19(21)24(13-3-4-13)10-16(20(15)25)22(26)27/h5-6,9-10,13,28H,2-4,7-8H2,1H3,(H,26,27)/b23-12+. The number of methoxy groups -OCH3 is 1. The molecule has 0 amide bonds. The molecule has 30 heavy (non-hydrogen) atoms. The predicted octanol–water partition coefficient (Wildman–Crippen LogP) is 4.09. The number of rotatable bonds is 4. The van der Waals surface area contributed by atoms with Crippen LogP contribution in [0.1, 0.15) is 46.1 Å². The molecule has 8 heteroatoms. The smallest absolute Gasteiger partial charge is 0.341 e. The van der Waals surface area contributed by atoms with E-state index >= 15 is 0 Å². The number of pyridine rings is 1. The predicted molar refractivity (Wildman–Crippen MR) is 115 cm³/mol. The van der Waals surface area contributed by atoms with Gasteiger partial charge in [0.2, 0.25) is 5.43 Å². The third-order valence-corrected chi connectivity index (χ3v) is 7.13. The van der Waals surface area contributed by atoms with Gasteiger partial charge in [0.25, 0.3) is 0 Å². The van der Waals surface area contributed by atoms with Gasteiger partial charge in [0.15, 0.2) is 5.75 Å². The Hall–Kier alpha value is -3.13. The van der Waals surface area contributed by atoms with Gasteiger partial charge in [-0.3, -0.25) is 4.79 Å². The number of nitrogens with zero attached hydrogens (tertiary/aromatic N) is 2. The summed E-state index contributed by atoms with van der Waals surface area (Å²) in [5.74, 6) is -0.630. The number of aromatic carboxylic acids is 1. The third kappa shape index (κ3) is 2.90. The molecule has 2 N–H and O–H groups in total. The Kier molecular flexibility index (Phi) is 4.39. The molecule has 1 saturated carbocycles. The number of thiophene rings is 1. The van der Waals surface area contributed by atoms with E-state index < -0.39 is 11.4 Å². The van der Waals surface area contributed by atoms with E-state index in [1.54, 1.807) is 24.5 Å². The molecule has 5 rings (SSSR count). The zero-order valence-corrected chi connectivity index (χ0v) is 17.2. The Bertz CT molecular complexity index is 1280. The average molecular weight is 424 g/mol. The highest BCUT2D eigenvalue weighted by atomic mass is 32.1. The second kappa shape index (κ2) is 6.98. The summed E-state index contributed by atoms with van der Waals surface area (Å²) in [5, 5.41) is 22.3. The number of ether oxygens (including phenoxy) is 1. The molecule has 2 aliphatic rings. The lowest BCUT2D eigenvalue weighted by Gasteiger charge is -2.17. The molecule has 0 atom stereocenters. The highest BCUT2D eigenvalue weighted by molar-refractivity contribution is 7.15. The van der Waals surface area contributed by atoms with Crippen LogP contribution >= 0.6 is 11.3 Å². The number of oxime groups is 1. The molecule has 0 radical (unpaired) electrons. The first-order valence-corrected chi connectivity index (χ1v) is 10.6. The number of hydrogen-bond acceptors (Lipinski definition) is 6. The number of fused-ring (bicyclic) bond motifs is 2. The van der Waals surface area contributed by atoms with Gasteiger partial charge in [-0.15, -0.1) is 11.3 Å². The van der Waals surface area contributed by atoms with Crippen LogP contribution in [-0.2, 0) is 12.8 Å². The van der Waals surface area contributed by atoms with Gasteiger partial charge in [0.1, 0.15) is 5.56 Å². The Morgan fingerprint density at radius 2 is 2.10 bits per heavy atom. The van der Waals surface area contributed by atoms with E-state index in [4.69, 9.17) is 9.94 Å². The van der Waals surface area contributed by atoms with Crippen molar-refractivity contribution in [2.45, 2.75) is 38.1 Å². The molecule has 2 heterocycles. The zero-order valence-electron chi connectivity index (χ0n) is 16.3. The van der Waals surface area contributed by atoms with Crippen molar-refractivity contribution in [2.24, 2.45) is 5.16 Å². The molecule has 3 aromatic rings. The molecule has 0 bridgehead atoms. The van der Waals surface area contributed by atoms with Gasteiger partial charge in [0, 0.05) is 34.0 Å². The van der Waals surface area contributed by atoms with Crippen molar-refractivity contribution in [3.05, 3.63) is 50.6 Å². The molecule has 0 spiro atoms. The van der Waals surface area contributed by atoms with Crippen LogP contribution in [0.3, 0.4) is 0 Å². The number of carboxylic acids is 1. The lowest BCUT2D eigenvalue weighted by atomic mass is 9.96. The van der Waals surface area contributed by atoms with Crippen molar-refractivity contribution in [2.75, 3.05) is 7.11 Å². The van der Waals surface area contributed by atoms with Gasteiger partial charge in [-0.25, -0.2) is 4.79 Å². The Morgan fingerprint density at radius 1 is 1.30 bits per heavy atom. The maximum atomic E-state index is 12.8. The maximum Gasteiger partial charge on any atom is 0.341 e. The van der Waals surface area contributed by atoms with Crippen molar-refractivity contribution < 1.29 is 19.8 Å². The topological polar surface area (TPSA) is 101 Å². The van der Waals surface area contributed by atoms with Crippen LogP contribution in [0.2, 0.25) is 0 Å². The monoisotopic (exact) mass is 424 g/mol. The highest BCUT2D eigenvalue weighted by Gasteiger charge is 2.29. The number of carboxylic acid groups (broad SMARTS) is 1. The van der Waals surface area contributed by atoms with Crippen LogP contribution in [0.15, 0.2) is 34.3 Å². The van der Waals surface area contributed by atoms with E-state index in [0.29, 0.717) is 23.1 Å². The first-order valence-electron chi connectivity index (χ1n) is 9.82. The fourth-order valence-corrected chi connectivity index (χ4v) is 5.43. The second-order valence-electron chi connectivity index (χ2n) is 7.76. The quantitative estimate of drug-likeness (QED) is 0.485. The summed E-state index contributed by atoms with van der Waals surface area (Å²) in [5.41, 5.74) is 2.75. The Labute approximate surface area is 175 Å². The largest absolute Gasteiger partial charge is 0.494 e. The maximum absolute atomic E-state index is 12.8. The van der Waals surface area contributed by atoms with Crippen LogP contribution < -0.4 is 10.2 Å². The Balaban J connectivity index is 1.75. The number of hydrogen-bond donors (Lipinski definition) is 2. The molecule has 154 valence electrons. The molecule has 2 aliphatic carbocycles. The van der Waals surface area contributed by atoms with Gasteiger partial charge in [-0.1, -0.05) is 5.16 Å². The number of carbonyl (C=O) groups is 1. The fourth-order valence-electron chi connectivity index (χ4n) is 4.22. The van der Waals surface area contributed by atoms with Crippen LogP contribution in [0, 0.1) is 0 Å². The van der Waals surface area contributed by atoms with E-state index in [-0.39, 0.29) is 11.6 Å². The molecule has 0 unspecified atom stereocenters. The van der Waals surface area contributed by atoms with Gasteiger partial charge in [0.05, 0.1) is 23.7 Å². The van der Waals surface area contributed by atoms with E-state index in [2.05, 4.69) is 11.2 Å². The summed E-state index contributed by atoms with van der Waals surface area (Å²) in [4.78, 5) is 26.7. The number of aryl methyl sites for hydroxylation is 1. The van der Waals surface area contributed by atoms with Crippen molar-refractivity contribution in [3.63, 3.8) is 0 Å². The summed E-state index contributed by atoms with van der Waals surface area (Å²) >= 11 is 1.68.